The molecular weight excluding hydrogens is 304 g/mol. The van der Waals surface area contributed by atoms with E-state index in [0.717, 1.165) is 30.8 Å². The summed E-state index contributed by atoms with van der Waals surface area (Å²) in [5, 5.41) is 0. The maximum Gasteiger partial charge on any atom is 0.256 e. The number of furan rings is 1. The molecule has 3 aromatic heterocycles. The van der Waals surface area contributed by atoms with Gasteiger partial charge in [-0.3, -0.25) is 9.69 Å². The van der Waals surface area contributed by atoms with Crippen molar-refractivity contribution in [3.63, 3.8) is 0 Å². The van der Waals surface area contributed by atoms with Crippen LogP contribution >= 0.6 is 0 Å². The first-order chi connectivity index (χ1) is 11.6. The Morgan fingerprint density at radius 3 is 2.92 bits per heavy atom. The zero-order valence-electron chi connectivity index (χ0n) is 13.8. The molecule has 6 nitrogen and oxygen atoms in total. The van der Waals surface area contributed by atoms with Gasteiger partial charge in [0.15, 0.2) is 11.6 Å². The number of aromatic nitrogens is 3. The van der Waals surface area contributed by atoms with Gasteiger partial charge in [-0.25, -0.2) is 4.98 Å². The predicted molar refractivity (Wildman–Crippen MR) is 90.6 cm³/mol. The topological polar surface area (TPSA) is 77.9 Å². The van der Waals surface area contributed by atoms with Crippen LogP contribution in [0.2, 0.25) is 0 Å². The lowest BCUT2D eigenvalue weighted by atomic mass is 10.1. The molecule has 124 valence electrons. The molecule has 0 spiro atoms. The molecule has 3 aromatic rings. The van der Waals surface area contributed by atoms with Crippen molar-refractivity contribution in [1.82, 2.24) is 19.9 Å². The van der Waals surface area contributed by atoms with E-state index in [1.807, 2.05) is 0 Å². The van der Waals surface area contributed by atoms with Crippen LogP contribution in [0.3, 0.4) is 0 Å². The summed E-state index contributed by atoms with van der Waals surface area (Å²) in [7, 11) is 0. The fraction of sp³-hybridized carbons (Fsp3) is 0.333. The number of H-pyrrole nitrogens is 2. The summed E-state index contributed by atoms with van der Waals surface area (Å²) in [6.07, 6.45) is 2.35. The van der Waals surface area contributed by atoms with Crippen molar-refractivity contribution in [2.75, 3.05) is 6.54 Å². The van der Waals surface area contributed by atoms with E-state index in [9.17, 15) is 4.79 Å². The Balaban J connectivity index is 1.59. The molecule has 24 heavy (non-hydrogen) atoms. The number of rotatable bonds is 3. The maximum atomic E-state index is 12.5. The van der Waals surface area contributed by atoms with E-state index >= 15 is 0 Å². The molecule has 0 amide bonds. The number of hydrogen-bond acceptors (Lipinski definition) is 4. The molecule has 1 aliphatic rings. The van der Waals surface area contributed by atoms with Gasteiger partial charge in [-0.2, -0.15) is 0 Å². The van der Waals surface area contributed by atoms with Gasteiger partial charge in [-0.1, -0.05) is 0 Å². The SMILES string of the molecule is Cc1cc(C)c(CN2CCc3nc(-c4ccco4)[nH]c(=O)c3C2)[nH]1. The van der Waals surface area contributed by atoms with E-state index < -0.39 is 0 Å². The lowest BCUT2D eigenvalue weighted by Crippen LogP contribution is -2.35. The molecule has 0 radical (unpaired) electrons. The number of aromatic amines is 2. The molecule has 0 unspecified atom stereocenters. The van der Waals surface area contributed by atoms with Crippen molar-refractivity contribution in [2.24, 2.45) is 0 Å². The van der Waals surface area contributed by atoms with Gasteiger partial charge in [-0.15, -0.1) is 0 Å². The van der Waals surface area contributed by atoms with Crippen LogP contribution < -0.4 is 5.56 Å². The summed E-state index contributed by atoms with van der Waals surface area (Å²) in [6.45, 7) is 6.50. The monoisotopic (exact) mass is 324 g/mol. The van der Waals surface area contributed by atoms with Gasteiger partial charge in [0.2, 0.25) is 0 Å². The standard InChI is InChI=1S/C18H20N4O2/c1-11-8-12(2)19-15(11)10-22-6-5-14-13(9-22)18(23)21-17(20-14)16-4-3-7-24-16/h3-4,7-8,19H,5-6,9-10H2,1-2H3,(H,20,21,23). The highest BCUT2D eigenvalue weighted by molar-refractivity contribution is 5.47. The molecule has 2 N–H and O–H groups in total. The van der Waals surface area contributed by atoms with Crippen LogP contribution in [0.25, 0.3) is 11.6 Å². The Hall–Kier alpha value is -2.60. The van der Waals surface area contributed by atoms with Crippen molar-refractivity contribution < 1.29 is 4.42 Å². The minimum absolute atomic E-state index is 0.0736. The van der Waals surface area contributed by atoms with Gasteiger partial charge in [-0.05, 0) is 37.6 Å². The van der Waals surface area contributed by atoms with Gasteiger partial charge in [0.25, 0.3) is 5.56 Å². The number of fused-ring (bicyclic) bond motifs is 1. The Morgan fingerprint density at radius 1 is 1.33 bits per heavy atom. The molecule has 0 saturated carbocycles. The summed E-state index contributed by atoms with van der Waals surface area (Å²) in [5.74, 6) is 1.10. The molecule has 6 heteroatoms. The fourth-order valence-electron chi connectivity index (χ4n) is 3.32. The van der Waals surface area contributed by atoms with Crippen molar-refractivity contribution in [3.05, 3.63) is 63.0 Å². The van der Waals surface area contributed by atoms with Crippen molar-refractivity contribution in [2.45, 2.75) is 33.4 Å². The molecule has 0 aromatic carbocycles. The second kappa shape index (κ2) is 5.79. The van der Waals surface area contributed by atoms with E-state index in [1.54, 1.807) is 18.4 Å². The van der Waals surface area contributed by atoms with Gasteiger partial charge in [0.1, 0.15) is 0 Å². The zero-order chi connectivity index (χ0) is 16.7. The van der Waals surface area contributed by atoms with E-state index in [-0.39, 0.29) is 5.56 Å². The molecule has 0 aliphatic carbocycles. The highest BCUT2D eigenvalue weighted by atomic mass is 16.3. The molecule has 4 rings (SSSR count). The second-order valence-corrected chi connectivity index (χ2v) is 6.39. The van der Waals surface area contributed by atoms with Crippen LogP contribution in [0, 0.1) is 13.8 Å². The molecular formula is C18H20N4O2. The van der Waals surface area contributed by atoms with Crippen molar-refractivity contribution in [1.29, 1.82) is 0 Å². The number of nitrogens with zero attached hydrogens (tertiary/aromatic N) is 2. The predicted octanol–water partition coefficient (Wildman–Crippen LogP) is 2.53. The van der Waals surface area contributed by atoms with Crippen molar-refractivity contribution in [3.8, 4) is 11.6 Å². The lowest BCUT2D eigenvalue weighted by Gasteiger charge is -2.27. The van der Waals surface area contributed by atoms with E-state index in [1.165, 1.54) is 17.0 Å². The Labute approximate surface area is 139 Å². The zero-order valence-corrected chi connectivity index (χ0v) is 13.8. The average Bonchev–Trinajstić information content (AvgIpc) is 3.18. The Kier molecular flexibility index (Phi) is 3.61. The summed E-state index contributed by atoms with van der Waals surface area (Å²) < 4.78 is 5.33. The van der Waals surface area contributed by atoms with Crippen LogP contribution in [0.1, 0.15) is 28.2 Å². The van der Waals surface area contributed by atoms with Crippen LogP contribution in [-0.4, -0.2) is 26.4 Å². The summed E-state index contributed by atoms with van der Waals surface area (Å²) in [4.78, 5) is 25.6. The third kappa shape index (κ3) is 2.69. The summed E-state index contributed by atoms with van der Waals surface area (Å²) in [5.41, 5.74) is 5.21. The van der Waals surface area contributed by atoms with Crippen molar-refractivity contribution >= 4 is 0 Å². The van der Waals surface area contributed by atoms with E-state index in [0.29, 0.717) is 18.1 Å². The summed E-state index contributed by atoms with van der Waals surface area (Å²) in [6, 6.07) is 5.74. The summed E-state index contributed by atoms with van der Waals surface area (Å²) >= 11 is 0. The first kappa shape index (κ1) is 15.0. The third-order valence-electron chi connectivity index (χ3n) is 4.54. The molecule has 1 aliphatic heterocycles. The van der Waals surface area contributed by atoms with Gasteiger partial charge < -0.3 is 14.4 Å². The van der Waals surface area contributed by atoms with Crippen LogP contribution in [0.15, 0.2) is 33.7 Å². The first-order valence-corrected chi connectivity index (χ1v) is 8.13. The highest BCUT2D eigenvalue weighted by Crippen LogP contribution is 2.21. The number of hydrogen-bond donors (Lipinski definition) is 2. The Morgan fingerprint density at radius 2 is 2.21 bits per heavy atom. The van der Waals surface area contributed by atoms with Crippen LogP contribution in [-0.2, 0) is 19.5 Å². The maximum absolute atomic E-state index is 12.5. The average molecular weight is 324 g/mol. The highest BCUT2D eigenvalue weighted by Gasteiger charge is 2.22. The quantitative estimate of drug-likeness (QED) is 0.776. The van der Waals surface area contributed by atoms with Crippen LogP contribution in [0.4, 0.5) is 0 Å². The number of aryl methyl sites for hydroxylation is 2. The molecule has 0 atom stereocenters. The van der Waals surface area contributed by atoms with Crippen LogP contribution in [0.5, 0.6) is 0 Å². The Bertz CT molecular complexity index is 921. The minimum Gasteiger partial charge on any atom is -0.461 e. The third-order valence-corrected chi connectivity index (χ3v) is 4.54. The second-order valence-electron chi connectivity index (χ2n) is 6.39. The van der Waals surface area contributed by atoms with Gasteiger partial charge >= 0.3 is 0 Å². The minimum atomic E-state index is -0.0736. The molecule has 0 saturated heterocycles. The molecule has 4 heterocycles. The normalized spacial score (nSPS) is 14.8. The molecule has 0 fully saturated rings. The lowest BCUT2D eigenvalue weighted by molar-refractivity contribution is 0.239. The first-order valence-electron chi connectivity index (χ1n) is 8.13. The van der Waals surface area contributed by atoms with E-state index in [2.05, 4.69) is 39.8 Å². The largest absolute Gasteiger partial charge is 0.461 e. The molecule has 0 bridgehead atoms. The van der Waals surface area contributed by atoms with E-state index in [4.69, 9.17) is 4.42 Å². The fourth-order valence-corrected chi connectivity index (χ4v) is 3.32. The van der Waals surface area contributed by atoms with Gasteiger partial charge in [0.05, 0.1) is 17.5 Å². The number of nitrogens with one attached hydrogen (secondary N) is 2. The van der Waals surface area contributed by atoms with Gasteiger partial charge in [0, 0.05) is 37.4 Å². The smallest absolute Gasteiger partial charge is 0.256 e.